The second kappa shape index (κ2) is 54.7. The molecule has 0 amide bonds. The first kappa shape index (κ1) is 73.2. The number of carboxylic acids is 1. The Hall–Kier alpha value is -3.84. The van der Waals surface area contributed by atoms with Gasteiger partial charge in [0.2, 0.25) is 0 Å². The molecule has 0 aromatic heterocycles. The van der Waals surface area contributed by atoms with Gasteiger partial charge >= 0.3 is 23.9 Å². The van der Waals surface area contributed by atoms with Gasteiger partial charge in [-0.15, -0.1) is 0 Å². The van der Waals surface area contributed by atoms with E-state index in [1.54, 1.807) is 0 Å². The largest absolute Gasteiger partial charge is 0.479 e. The Balaban J connectivity index is 2.69. The lowest BCUT2D eigenvalue weighted by molar-refractivity contribution is -0.301. The van der Waals surface area contributed by atoms with E-state index in [1.165, 1.54) is 122 Å². The monoisotopic (exact) mass is 1110 g/mol. The smallest absolute Gasteiger partial charge is 0.335 e. The Labute approximate surface area is 480 Å². The van der Waals surface area contributed by atoms with Gasteiger partial charge in [0.05, 0.1) is 6.61 Å². The van der Waals surface area contributed by atoms with Crippen molar-refractivity contribution in [3.05, 3.63) is 72.9 Å². The molecule has 1 fully saturated rings. The summed E-state index contributed by atoms with van der Waals surface area (Å²) in [6.07, 6.45) is 57.2. The first-order chi connectivity index (χ1) is 38.6. The van der Waals surface area contributed by atoms with Crippen molar-refractivity contribution in [3.8, 4) is 0 Å². The summed E-state index contributed by atoms with van der Waals surface area (Å²) in [6.45, 7) is 5.86. The van der Waals surface area contributed by atoms with Gasteiger partial charge in [-0.25, -0.2) is 4.79 Å². The Morgan fingerprint density at radius 1 is 0.430 bits per heavy atom. The number of aliphatic hydroxyl groups is 2. The molecule has 6 atom stereocenters. The minimum atomic E-state index is -1.92. The summed E-state index contributed by atoms with van der Waals surface area (Å²) in [5.41, 5.74) is 0. The summed E-state index contributed by atoms with van der Waals surface area (Å²) in [5, 5.41) is 31.5. The van der Waals surface area contributed by atoms with Crippen molar-refractivity contribution in [2.24, 2.45) is 0 Å². The lowest BCUT2D eigenvalue weighted by atomic mass is 9.98. The average Bonchev–Trinajstić information content (AvgIpc) is 3.43. The van der Waals surface area contributed by atoms with E-state index in [4.69, 9.17) is 23.7 Å². The topological polar surface area (TPSA) is 175 Å². The highest BCUT2D eigenvalue weighted by molar-refractivity contribution is 5.74. The number of allylic oxidation sites excluding steroid dienone is 12. The zero-order valence-electron chi connectivity index (χ0n) is 50.1. The number of aliphatic hydroxyl groups excluding tert-OH is 2. The van der Waals surface area contributed by atoms with E-state index in [1.807, 2.05) is 0 Å². The number of aliphatic carboxylic acids is 1. The Kier molecular flexibility index (Phi) is 50.7. The number of ether oxygens (including phenoxy) is 5. The first-order valence-corrected chi connectivity index (χ1v) is 31.9. The van der Waals surface area contributed by atoms with Gasteiger partial charge in [0.25, 0.3) is 0 Å². The molecule has 79 heavy (non-hydrogen) atoms. The zero-order valence-corrected chi connectivity index (χ0v) is 50.1. The molecule has 1 aliphatic rings. The molecule has 0 saturated carbocycles. The molecule has 0 aromatic rings. The van der Waals surface area contributed by atoms with Gasteiger partial charge in [0, 0.05) is 19.3 Å². The minimum Gasteiger partial charge on any atom is -0.479 e. The summed E-state index contributed by atoms with van der Waals surface area (Å²) < 4.78 is 28.5. The van der Waals surface area contributed by atoms with Crippen molar-refractivity contribution < 1.29 is 58.2 Å². The van der Waals surface area contributed by atoms with Crippen LogP contribution in [0.2, 0.25) is 0 Å². The van der Waals surface area contributed by atoms with Gasteiger partial charge in [0.15, 0.2) is 24.6 Å². The second-order valence-corrected chi connectivity index (χ2v) is 21.7. The van der Waals surface area contributed by atoms with Gasteiger partial charge in [-0.3, -0.25) is 14.4 Å². The maximum Gasteiger partial charge on any atom is 0.335 e. The summed E-state index contributed by atoms with van der Waals surface area (Å²) in [6, 6.07) is 0. The maximum atomic E-state index is 13.2. The van der Waals surface area contributed by atoms with Crippen LogP contribution < -0.4 is 0 Å². The molecule has 0 spiro atoms. The van der Waals surface area contributed by atoms with Crippen molar-refractivity contribution in [3.63, 3.8) is 0 Å². The number of unbranched alkanes of at least 4 members (excludes halogenated alkanes) is 28. The van der Waals surface area contributed by atoms with Crippen molar-refractivity contribution in [1.82, 2.24) is 0 Å². The number of esters is 3. The Morgan fingerprint density at radius 3 is 1.27 bits per heavy atom. The van der Waals surface area contributed by atoms with E-state index in [-0.39, 0.29) is 25.9 Å². The fraction of sp³-hybridized carbons (Fsp3) is 0.761. The van der Waals surface area contributed by atoms with Gasteiger partial charge < -0.3 is 39.0 Å². The van der Waals surface area contributed by atoms with Crippen LogP contribution in [0.15, 0.2) is 72.9 Å². The molecular formula is C67H114O12. The Bertz CT molecular complexity index is 1650. The average molecular weight is 1110 g/mol. The van der Waals surface area contributed by atoms with E-state index >= 15 is 0 Å². The second-order valence-electron chi connectivity index (χ2n) is 21.7. The molecule has 1 saturated heterocycles. The molecule has 0 bridgehead atoms. The molecule has 12 nitrogen and oxygen atoms in total. The predicted octanol–water partition coefficient (Wildman–Crippen LogP) is 16.9. The van der Waals surface area contributed by atoms with E-state index < -0.39 is 67.3 Å². The molecule has 1 rings (SSSR count). The number of rotatable bonds is 54. The van der Waals surface area contributed by atoms with Gasteiger partial charge in [-0.1, -0.05) is 241 Å². The lowest BCUT2D eigenvalue weighted by Crippen LogP contribution is -2.61. The summed E-state index contributed by atoms with van der Waals surface area (Å²) >= 11 is 0. The van der Waals surface area contributed by atoms with Gasteiger partial charge in [-0.05, 0) is 89.9 Å². The highest BCUT2D eigenvalue weighted by atomic mass is 16.7. The van der Waals surface area contributed by atoms with E-state index in [2.05, 4.69) is 93.7 Å². The normalized spacial score (nSPS) is 18.3. The van der Waals surface area contributed by atoms with Crippen LogP contribution in [-0.2, 0) is 42.9 Å². The lowest BCUT2D eigenvalue weighted by Gasteiger charge is -2.40. The molecule has 0 aromatic carbocycles. The highest BCUT2D eigenvalue weighted by Crippen LogP contribution is 2.26. The van der Waals surface area contributed by atoms with Crippen LogP contribution >= 0.6 is 0 Å². The molecule has 0 radical (unpaired) electrons. The van der Waals surface area contributed by atoms with E-state index in [9.17, 15) is 34.5 Å². The van der Waals surface area contributed by atoms with Crippen LogP contribution in [0.5, 0.6) is 0 Å². The zero-order chi connectivity index (χ0) is 57.5. The molecule has 3 N–H and O–H groups in total. The molecular weight excluding hydrogens is 997 g/mol. The van der Waals surface area contributed by atoms with Crippen molar-refractivity contribution in [2.75, 3.05) is 13.2 Å². The molecule has 12 heteroatoms. The standard InChI is InChI=1S/C67H114O12/c1-4-7-10-13-16-19-22-25-28-30-33-35-38-41-44-47-50-53-59(68)75-56-58(77-60(69)54-51-48-45-42-39-37-34-31-29-26-23-20-17-14-11-8-5-2)57-76-67-65(63(72)62(71)64(79-67)66(73)74)78-61(70)55-52-49-46-43-40-36-32-27-24-21-18-15-12-9-6-3/h9,12,16,18-19,21,25,27-28,32,40,43,58,62-65,67,71-72H,4-8,10-11,13-15,17,20,22-24,26,29-31,33-39,41-42,44-57H2,1-3H3,(H,73,74)/b12-9-,19-16-,21-18-,28-25-,32-27-,43-40-. The van der Waals surface area contributed by atoms with Gasteiger partial charge in [-0.2, -0.15) is 0 Å². The number of carbonyl (C=O) groups is 4. The minimum absolute atomic E-state index is 0.00702. The summed E-state index contributed by atoms with van der Waals surface area (Å²) in [4.78, 5) is 51.3. The quantitative estimate of drug-likeness (QED) is 0.0228. The third-order valence-corrected chi connectivity index (χ3v) is 14.3. The third kappa shape index (κ3) is 44.5. The highest BCUT2D eigenvalue weighted by Gasteiger charge is 2.50. The van der Waals surface area contributed by atoms with Crippen LogP contribution in [0.3, 0.4) is 0 Å². The Morgan fingerprint density at radius 2 is 0.797 bits per heavy atom. The predicted molar refractivity (Wildman–Crippen MR) is 322 cm³/mol. The van der Waals surface area contributed by atoms with Crippen molar-refractivity contribution in [2.45, 2.75) is 314 Å². The molecule has 0 aliphatic carbocycles. The summed E-state index contributed by atoms with van der Waals surface area (Å²) in [7, 11) is 0. The van der Waals surface area contributed by atoms with E-state index in [0.29, 0.717) is 25.7 Å². The summed E-state index contributed by atoms with van der Waals surface area (Å²) in [5.74, 6) is -3.17. The third-order valence-electron chi connectivity index (χ3n) is 14.3. The first-order valence-electron chi connectivity index (χ1n) is 31.9. The van der Waals surface area contributed by atoms with Crippen LogP contribution in [0.25, 0.3) is 0 Å². The molecule has 1 aliphatic heterocycles. The molecule has 454 valence electrons. The number of carbonyl (C=O) groups excluding carboxylic acids is 3. The van der Waals surface area contributed by atoms with Gasteiger partial charge in [0.1, 0.15) is 18.8 Å². The molecule has 6 unspecified atom stereocenters. The molecule has 1 heterocycles. The van der Waals surface area contributed by atoms with Crippen molar-refractivity contribution >= 4 is 23.9 Å². The fourth-order valence-corrected chi connectivity index (χ4v) is 9.39. The van der Waals surface area contributed by atoms with Crippen LogP contribution in [0, 0.1) is 0 Å². The number of hydrogen-bond acceptors (Lipinski definition) is 11. The SMILES string of the molecule is CC/C=C\C/C=C\C/C=C\C/C=C\CCCCC(=O)OC1C(OCC(COC(=O)CCCCCCCCC/C=C\C/C=C\CCCCC)OC(=O)CCCCCCCCCCCCCCCCCCC)OC(C(=O)O)C(O)C1O. The van der Waals surface area contributed by atoms with Crippen LogP contribution in [0.1, 0.15) is 278 Å². The van der Waals surface area contributed by atoms with Crippen molar-refractivity contribution in [1.29, 1.82) is 0 Å². The van der Waals surface area contributed by atoms with E-state index in [0.717, 1.165) is 89.9 Å². The van der Waals surface area contributed by atoms with Crippen LogP contribution in [-0.4, -0.2) is 89.2 Å². The number of hydrogen-bond donors (Lipinski definition) is 3. The van der Waals surface area contributed by atoms with Crippen LogP contribution in [0.4, 0.5) is 0 Å². The maximum absolute atomic E-state index is 13.2. The number of carboxylic acid groups (broad SMARTS) is 1. The fourth-order valence-electron chi connectivity index (χ4n) is 9.39.